The third-order valence-corrected chi connectivity index (χ3v) is 9.90. The number of esters is 1. The topological polar surface area (TPSA) is 130 Å². The van der Waals surface area contributed by atoms with Crippen LogP contribution in [0.4, 0.5) is 17.2 Å². The number of anilines is 3. The highest BCUT2D eigenvalue weighted by molar-refractivity contribution is 7.92. The van der Waals surface area contributed by atoms with E-state index in [0.717, 1.165) is 37.3 Å². The van der Waals surface area contributed by atoms with E-state index in [2.05, 4.69) is 41.8 Å². The molecule has 0 radical (unpaired) electrons. The number of halogens is 2. The molecule has 0 spiro atoms. The van der Waals surface area contributed by atoms with Crippen molar-refractivity contribution in [2.24, 2.45) is 0 Å². The molecule has 11 nitrogen and oxygen atoms in total. The van der Waals surface area contributed by atoms with Gasteiger partial charge in [-0.25, -0.2) is 28.2 Å². The molecule has 14 heteroatoms. The van der Waals surface area contributed by atoms with E-state index in [9.17, 15) is 13.2 Å². The van der Waals surface area contributed by atoms with Gasteiger partial charge in [0.05, 0.1) is 27.7 Å². The molecule has 0 saturated carbocycles. The highest BCUT2D eigenvalue weighted by Crippen LogP contribution is 2.33. The molecule has 2 N–H and O–H groups in total. The number of pyridine rings is 1. The number of hydrogen-bond acceptors (Lipinski definition) is 10. The minimum absolute atomic E-state index is 0.0426. The Hall–Kier alpha value is -4.33. The lowest BCUT2D eigenvalue weighted by Gasteiger charge is -2.32. The van der Waals surface area contributed by atoms with Crippen molar-refractivity contribution in [1.82, 2.24) is 24.8 Å². The van der Waals surface area contributed by atoms with Gasteiger partial charge in [-0.2, -0.15) is 0 Å². The van der Waals surface area contributed by atoms with Crippen LogP contribution in [0.15, 0.2) is 85.3 Å². The molecule has 5 aromatic rings. The van der Waals surface area contributed by atoms with Gasteiger partial charge in [0.1, 0.15) is 24.3 Å². The standard InChI is InChI=1S/C34H33Cl2N7O4S/c1-42-12-14-43(15-13-42)16-17-48(45,46)41-30-19-25(20-37-32(30)36)24-10-11-28-26(18-24)33(39-22-38-28)40-29-9-5-8-27(35)31(29)34(44)47-21-23-6-3-2-4-7-23/h2-11,18-20,22,41H,12-17,21H2,1H3,(H,38,39,40). The van der Waals surface area contributed by atoms with Crippen LogP contribution in [0, 0.1) is 0 Å². The molecule has 0 atom stereocenters. The smallest absolute Gasteiger partial charge is 0.342 e. The fourth-order valence-corrected chi connectivity index (χ4v) is 6.86. The van der Waals surface area contributed by atoms with E-state index in [1.807, 2.05) is 48.5 Å². The summed E-state index contributed by atoms with van der Waals surface area (Å²) in [7, 11) is -1.63. The lowest BCUT2D eigenvalue weighted by Crippen LogP contribution is -2.46. The van der Waals surface area contributed by atoms with Crippen LogP contribution in [-0.2, 0) is 21.4 Å². The zero-order valence-electron chi connectivity index (χ0n) is 26.1. The summed E-state index contributed by atoms with van der Waals surface area (Å²) in [6.07, 6.45) is 2.99. The SMILES string of the molecule is CN1CCN(CCS(=O)(=O)Nc2cc(-c3ccc4ncnc(Nc5cccc(Cl)c5C(=O)OCc5ccccc5)c4c3)cnc2Cl)CC1. The fraction of sp³-hybridized carbons (Fsp3) is 0.235. The van der Waals surface area contributed by atoms with Crippen LogP contribution in [0.5, 0.6) is 0 Å². The van der Waals surface area contributed by atoms with Crippen molar-refractivity contribution >= 4 is 67.3 Å². The van der Waals surface area contributed by atoms with E-state index >= 15 is 0 Å². The monoisotopic (exact) mass is 705 g/mol. The maximum Gasteiger partial charge on any atom is 0.342 e. The number of carbonyl (C=O) groups is 1. The van der Waals surface area contributed by atoms with Crippen LogP contribution in [-0.4, -0.2) is 84.7 Å². The molecule has 1 aliphatic heterocycles. The molecule has 1 aliphatic rings. The molecule has 0 unspecified atom stereocenters. The number of rotatable bonds is 11. The van der Waals surface area contributed by atoms with E-state index in [0.29, 0.717) is 34.5 Å². The summed E-state index contributed by atoms with van der Waals surface area (Å²) in [6.45, 7) is 3.97. The maximum absolute atomic E-state index is 13.2. The number of sulfonamides is 1. The normalized spacial score (nSPS) is 14.1. The van der Waals surface area contributed by atoms with Crippen molar-refractivity contribution in [2.45, 2.75) is 6.61 Å². The average molecular weight is 707 g/mol. The summed E-state index contributed by atoms with van der Waals surface area (Å²) in [5.74, 6) is -0.227. The largest absolute Gasteiger partial charge is 0.457 e. The van der Waals surface area contributed by atoms with Crippen molar-refractivity contribution in [3.05, 3.63) is 107 Å². The highest BCUT2D eigenvalue weighted by atomic mass is 35.5. The van der Waals surface area contributed by atoms with Crippen molar-refractivity contribution < 1.29 is 17.9 Å². The minimum atomic E-state index is -3.69. The van der Waals surface area contributed by atoms with Gasteiger partial charge < -0.3 is 15.0 Å². The lowest BCUT2D eigenvalue weighted by molar-refractivity contribution is 0.0474. The second-order valence-electron chi connectivity index (χ2n) is 11.4. The summed E-state index contributed by atoms with van der Waals surface area (Å²) < 4.78 is 34.2. The van der Waals surface area contributed by atoms with Gasteiger partial charge in [-0.05, 0) is 48.5 Å². The minimum Gasteiger partial charge on any atom is -0.457 e. The number of aromatic nitrogens is 3. The molecule has 248 valence electrons. The van der Waals surface area contributed by atoms with Crippen LogP contribution in [0.2, 0.25) is 10.2 Å². The van der Waals surface area contributed by atoms with Gasteiger partial charge in [0.25, 0.3) is 0 Å². The van der Waals surface area contributed by atoms with E-state index < -0.39 is 16.0 Å². The number of likely N-dealkylation sites (N-methyl/N-ethyl adjacent to an activating group) is 1. The molecule has 0 amide bonds. The second kappa shape index (κ2) is 14.8. The zero-order chi connectivity index (χ0) is 33.7. The lowest BCUT2D eigenvalue weighted by atomic mass is 10.0. The zero-order valence-corrected chi connectivity index (χ0v) is 28.4. The van der Waals surface area contributed by atoms with E-state index in [1.165, 1.54) is 6.33 Å². The Morgan fingerprint density at radius 1 is 0.896 bits per heavy atom. The molecule has 48 heavy (non-hydrogen) atoms. The Labute approximate surface area is 288 Å². The maximum atomic E-state index is 13.2. The molecule has 6 rings (SSSR count). The van der Waals surface area contributed by atoms with Crippen molar-refractivity contribution in [2.75, 3.05) is 55.6 Å². The summed E-state index contributed by atoms with van der Waals surface area (Å²) in [4.78, 5) is 30.7. The predicted octanol–water partition coefficient (Wildman–Crippen LogP) is 6.09. The van der Waals surface area contributed by atoms with Crippen LogP contribution in [0.25, 0.3) is 22.0 Å². The van der Waals surface area contributed by atoms with Crippen LogP contribution in [0.1, 0.15) is 15.9 Å². The molecular weight excluding hydrogens is 673 g/mol. The van der Waals surface area contributed by atoms with Crippen molar-refractivity contribution in [3.63, 3.8) is 0 Å². The Bertz CT molecular complexity index is 2040. The van der Waals surface area contributed by atoms with Gasteiger partial charge >= 0.3 is 5.97 Å². The van der Waals surface area contributed by atoms with Crippen molar-refractivity contribution in [1.29, 1.82) is 0 Å². The van der Waals surface area contributed by atoms with Crippen molar-refractivity contribution in [3.8, 4) is 11.1 Å². The van der Waals surface area contributed by atoms with Crippen LogP contribution >= 0.6 is 23.2 Å². The van der Waals surface area contributed by atoms with Gasteiger partial charge in [0.2, 0.25) is 10.0 Å². The highest BCUT2D eigenvalue weighted by Gasteiger charge is 2.21. The molecular formula is C34H33Cl2N7O4S. The third kappa shape index (κ3) is 8.20. The van der Waals surface area contributed by atoms with E-state index in [4.69, 9.17) is 27.9 Å². The number of benzene rings is 3. The van der Waals surface area contributed by atoms with Gasteiger partial charge in [-0.15, -0.1) is 0 Å². The molecule has 3 aromatic carbocycles. The van der Waals surface area contributed by atoms with Gasteiger partial charge in [-0.3, -0.25) is 9.62 Å². The van der Waals surface area contributed by atoms with E-state index in [-0.39, 0.29) is 33.8 Å². The molecule has 0 aliphatic carbocycles. The van der Waals surface area contributed by atoms with Gasteiger partial charge in [0.15, 0.2) is 5.15 Å². The second-order valence-corrected chi connectivity index (χ2v) is 14.0. The first kappa shape index (κ1) is 33.6. The van der Waals surface area contributed by atoms with E-state index in [1.54, 1.807) is 30.5 Å². The van der Waals surface area contributed by atoms with Crippen LogP contribution < -0.4 is 10.0 Å². The van der Waals surface area contributed by atoms with Crippen LogP contribution in [0.3, 0.4) is 0 Å². The number of piperazine rings is 1. The molecule has 0 bridgehead atoms. The Morgan fingerprint density at radius 3 is 2.48 bits per heavy atom. The molecule has 3 heterocycles. The first-order valence-electron chi connectivity index (χ1n) is 15.2. The summed E-state index contributed by atoms with van der Waals surface area (Å²) >= 11 is 12.8. The Balaban J connectivity index is 1.23. The first-order chi connectivity index (χ1) is 23.1. The predicted molar refractivity (Wildman–Crippen MR) is 189 cm³/mol. The number of nitrogens with zero attached hydrogens (tertiary/aromatic N) is 5. The molecule has 2 aromatic heterocycles. The Morgan fingerprint density at radius 2 is 1.69 bits per heavy atom. The quantitative estimate of drug-likeness (QED) is 0.123. The first-order valence-corrected chi connectivity index (χ1v) is 17.6. The van der Waals surface area contributed by atoms with Gasteiger partial charge in [-0.1, -0.05) is 65.7 Å². The fourth-order valence-electron chi connectivity index (χ4n) is 5.31. The number of carbonyl (C=O) groups excluding carboxylic acids is 1. The summed E-state index contributed by atoms with van der Waals surface area (Å²) in [5, 5.41) is 4.15. The number of fused-ring (bicyclic) bond motifs is 1. The summed E-state index contributed by atoms with van der Waals surface area (Å²) in [5.41, 5.74) is 3.60. The third-order valence-electron chi connectivity index (χ3n) is 8.03. The summed E-state index contributed by atoms with van der Waals surface area (Å²) in [6, 6.07) is 21.6. The number of hydrogen-bond donors (Lipinski definition) is 2. The van der Waals surface area contributed by atoms with Gasteiger partial charge in [0, 0.05) is 49.9 Å². The number of nitrogens with one attached hydrogen (secondary N) is 2. The molecule has 1 fully saturated rings. The Kier molecular flexibility index (Phi) is 10.4. The average Bonchev–Trinajstić information content (AvgIpc) is 3.08. The number of ether oxygens (including phenoxy) is 1. The molecule has 1 saturated heterocycles.